The zero-order valence-electron chi connectivity index (χ0n) is 13.7. The standard InChI is InChI=1S/C15H22N6O2/c1-9(2)15-18-13-5-4-11(8-21(13)19-15)16-7-14(22)17-12-6-10(3)23-20-12/h6,9,11,16H,4-5,7-8H2,1-3H3,(H,17,20,22). The van der Waals surface area contributed by atoms with E-state index in [-0.39, 0.29) is 18.5 Å². The number of hydrogen-bond donors (Lipinski definition) is 2. The highest BCUT2D eigenvalue weighted by Gasteiger charge is 2.22. The SMILES string of the molecule is Cc1cc(NC(=O)CNC2CCc3nc(C(C)C)nn3C2)no1. The predicted octanol–water partition coefficient (Wildman–Crippen LogP) is 1.24. The maximum Gasteiger partial charge on any atom is 0.239 e. The second-order valence-corrected chi connectivity index (χ2v) is 6.21. The third-order valence-electron chi connectivity index (χ3n) is 3.84. The molecular weight excluding hydrogens is 296 g/mol. The van der Waals surface area contributed by atoms with Crippen molar-refractivity contribution in [3.63, 3.8) is 0 Å². The van der Waals surface area contributed by atoms with E-state index in [1.807, 2.05) is 4.68 Å². The van der Waals surface area contributed by atoms with Gasteiger partial charge in [0, 0.05) is 24.4 Å². The number of carbonyl (C=O) groups excluding carboxylic acids is 1. The molecule has 3 rings (SSSR count). The first-order valence-electron chi connectivity index (χ1n) is 7.91. The van der Waals surface area contributed by atoms with Crippen molar-refractivity contribution < 1.29 is 9.32 Å². The molecule has 1 aliphatic heterocycles. The Bertz CT molecular complexity index is 690. The van der Waals surface area contributed by atoms with Gasteiger partial charge in [0.1, 0.15) is 11.6 Å². The lowest BCUT2D eigenvalue weighted by Gasteiger charge is -2.23. The first-order valence-corrected chi connectivity index (χ1v) is 7.91. The monoisotopic (exact) mass is 318 g/mol. The van der Waals surface area contributed by atoms with Crippen molar-refractivity contribution in [3.8, 4) is 0 Å². The van der Waals surface area contributed by atoms with E-state index in [1.165, 1.54) is 0 Å². The molecule has 0 bridgehead atoms. The molecule has 1 unspecified atom stereocenters. The molecule has 0 saturated carbocycles. The molecule has 2 aromatic rings. The summed E-state index contributed by atoms with van der Waals surface area (Å²) in [5.41, 5.74) is 0. The lowest BCUT2D eigenvalue weighted by Crippen LogP contribution is -2.41. The highest BCUT2D eigenvalue weighted by molar-refractivity contribution is 5.91. The van der Waals surface area contributed by atoms with Crippen molar-refractivity contribution >= 4 is 11.7 Å². The number of nitrogens with zero attached hydrogens (tertiary/aromatic N) is 4. The first kappa shape index (κ1) is 15.7. The Morgan fingerprint density at radius 2 is 2.35 bits per heavy atom. The molecule has 0 fully saturated rings. The zero-order valence-corrected chi connectivity index (χ0v) is 13.7. The summed E-state index contributed by atoms with van der Waals surface area (Å²) in [6.07, 6.45) is 1.83. The molecule has 0 aromatic carbocycles. The fraction of sp³-hybridized carbons (Fsp3) is 0.600. The number of rotatable bonds is 5. The minimum absolute atomic E-state index is 0.134. The molecule has 124 valence electrons. The predicted molar refractivity (Wildman–Crippen MR) is 84.1 cm³/mol. The fourth-order valence-electron chi connectivity index (χ4n) is 2.59. The summed E-state index contributed by atoms with van der Waals surface area (Å²) in [5.74, 6) is 3.23. The summed E-state index contributed by atoms with van der Waals surface area (Å²) >= 11 is 0. The van der Waals surface area contributed by atoms with E-state index in [0.717, 1.165) is 31.0 Å². The lowest BCUT2D eigenvalue weighted by atomic mass is 10.1. The highest BCUT2D eigenvalue weighted by Crippen LogP contribution is 2.16. The van der Waals surface area contributed by atoms with Crippen molar-refractivity contribution in [1.82, 2.24) is 25.2 Å². The number of hydrogen-bond acceptors (Lipinski definition) is 6. The van der Waals surface area contributed by atoms with Crippen molar-refractivity contribution in [3.05, 3.63) is 23.5 Å². The minimum Gasteiger partial charge on any atom is -0.360 e. The zero-order chi connectivity index (χ0) is 16.4. The Hall–Kier alpha value is -2.22. The lowest BCUT2D eigenvalue weighted by molar-refractivity contribution is -0.115. The molecule has 0 saturated heterocycles. The van der Waals surface area contributed by atoms with Crippen molar-refractivity contribution in [2.75, 3.05) is 11.9 Å². The van der Waals surface area contributed by atoms with Gasteiger partial charge in [-0.25, -0.2) is 9.67 Å². The second-order valence-electron chi connectivity index (χ2n) is 6.21. The highest BCUT2D eigenvalue weighted by atomic mass is 16.5. The molecule has 1 aliphatic rings. The van der Waals surface area contributed by atoms with Gasteiger partial charge < -0.3 is 15.2 Å². The third kappa shape index (κ3) is 3.76. The molecule has 8 nitrogen and oxygen atoms in total. The van der Waals surface area contributed by atoms with Crippen LogP contribution in [0.2, 0.25) is 0 Å². The topological polar surface area (TPSA) is 97.9 Å². The van der Waals surface area contributed by atoms with Crippen LogP contribution in [-0.4, -0.2) is 38.4 Å². The quantitative estimate of drug-likeness (QED) is 0.861. The fourth-order valence-corrected chi connectivity index (χ4v) is 2.59. The number of aromatic nitrogens is 4. The molecule has 3 heterocycles. The van der Waals surface area contributed by atoms with Gasteiger partial charge in [0.15, 0.2) is 11.6 Å². The van der Waals surface area contributed by atoms with Crippen molar-refractivity contribution in [2.45, 2.75) is 52.1 Å². The summed E-state index contributed by atoms with van der Waals surface area (Å²) in [4.78, 5) is 16.5. The maximum atomic E-state index is 11.9. The van der Waals surface area contributed by atoms with Gasteiger partial charge in [-0.2, -0.15) is 5.10 Å². The third-order valence-corrected chi connectivity index (χ3v) is 3.84. The van der Waals surface area contributed by atoms with Crippen LogP contribution >= 0.6 is 0 Å². The van der Waals surface area contributed by atoms with E-state index in [4.69, 9.17) is 4.52 Å². The molecule has 1 atom stereocenters. The smallest absolute Gasteiger partial charge is 0.239 e. The molecular formula is C15H22N6O2. The van der Waals surface area contributed by atoms with Crippen molar-refractivity contribution in [1.29, 1.82) is 0 Å². The van der Waals surface area contributed by atoms with Crippen LogP contribution in [0.3, 0.4) is 0 Å². The Morgan fingerprint density at radius 1 is 1.52 bits per heavy atom. The van der Waals surface area contributed by atoms with Gasteiger partial charge in [-0.3, -0.25) is 4.79 Å². The Morgan fingerprint density at radius 3 is 3.04 bits per heavy atom. The largest absolute Gasteiger partial charge is 0.360 e. The van der Waals surface area contributed by atoms with E-state index >= 15 is 0 Å². The van der Waals surface area contributed by atoms with Gasteiger partial charge in [-0.1, -0.05) is 19.0 Å². The number of amides is 1. The van der Waals surface area contributed by atoms with Gasteiger partial charge in [0.2, 0.25) is 5.91 Å². The second kappa shape index (κ2) is 6.49. The maximum absolute atomic E-state index is 11.9. The van der Waals surface area contributed by atoms with Crippen LogP contribution in [0, 0.1) is 6.92 Å². The number of nitrogens with one attached hydrogen (secondary N) is 2. The molecule has 2 N–H and O–H groups in total. The number of carbonyl (C=O) groups is 1. The molecule has 1 amide bonds. The summed E-state index contributed by atoms with van der Waals surface area (Å²) in [6.45, 7) is 6.94. The summed E-state index contributed by atoms with van der Waals surface area (Å²) in [5, 5.41) is 14.3. The van der Waals surface area contributed by atoms with Crippen LogP contribution in [0.5, 0.6) is 0 Å². The van der Waals surface area contributed by atoms with E-state index in [0.29, 0.717) is 17.5 Å². The van der Waals surface area contributed by atoms with Gasteiger partial charge in [0.05, 0.1) is 13.1 Å². The molecule has 0 radical (unpaired) electrons. The summed E-state index contributed by atoms with van der Waals surface area (Å²) < 4.78 is 6.87. The number of aryl methyl sites for hydroxylation is 2. The average molecular weight is 318 g/mol. The number of fused-ring (bicyclic) bond motifs is 1. The molecule has 2 aromatic heterocycles. The number of anilines is 1. The molecule has 0 spiro atoms. The van der Waals surface area contributed by atoms with Gasteiger partial charge in [-0.05, 0) is 13.3 Å². The molecule has 8 heteroatoms. The molecule has 23 heavy (non-hydrogen) atoms. The summed E-state index contributed by atoms with van der Waals surface area (Å²) in [6, 6.07) is 1.90. The minimum atomic E-state index is -0.134. The van der Waals surface area contributed by atoms with Crippen LogP contribution in [0.1, 0.15) is 43.6 Å². The van der Waals surface area contributed by atoms with Gasteiger partial charge in [0.25, 0.3) is 0 Å². The summed E-state index contributed by atoms with van der Waals surface area (Å²) in [7, 11) is 0. The van der Waals surface area contributed by atoms with Crippen LogP contribution in [0.15, 0.2) is 10.6 Å². The van der Waals surface area contributed by atoms with Gasteiger partial charge >= 0.3 is 0 Å². The van der Waals surface area contributed by atoms with Gasteiger partial charge in [-0.15, -0.1) is 0 Å². The average Bonchev–Trinajstić information content (AvgIpc) is 3.10. The Labute approximate surface area is 134 Å². The van der Waals surface area contributed by atoms with Crippen LogP contribution in [0.25, 0.3) is 0 Å². The first-order chi connectivity index (χ1) is 11.0. The van der Waals surface area contributed by atoms with E-state index in [1.54, 1.807) is 13.0 Å². The van der Waals surface area contributed by atoms with E-state index < -0.39 is 0 Å². The Kier molecular flexibility index (Phi) is 4.42. The normalized spacial score (nSPS) is 17.3. The molecule has 0 aliphatic carbocycles. The van der Waals surface area contributed by atoms with Crippen LogP contribution in [-0.2, 0) is 17.8 Å². The van der Waals surface area contributed by atoms with E-state index in [9.17, 15) is 4.79 Å². The Balaban J connectivity index is 1.50. The van der Waals surface area contributed by atoms with Crippen LogP contribution < -0.4 is 10.6 Å². The van der Waals surface area contributed by atoms with Crippen molar-refractivity contribution in [2.24, 2.45) is 0 Å². The van der Waals surface area contributed by atoms with Crippen LogP contribution in [0.4, 0.5) is 5.82 Å². The van der Waals surface area contributed by atoms with E-state index in [2.05, 4.69) is 39.7 Å².